The van der Waals surface area contributed by atoms with Gasteiger partial charge in [-0.25, -0.2) is 0 Å². The van der Waals surface area contributed by atoms with Crippen molar-refractivity contribution in [3.8, 4) is 0 Å². The van der Waals surface area contributed by atoms with Crippen LogP contribution in [-0.2, 0) is 14.4 Å². The maximum absolute atomic E-state index is 14.5. The Morgan fingerprint density at radius 3 is 2.36 bits per heavy atom. The molecule has 0 bridgehead atoms. The summed E-state index contributed by atoms with van der Waals surface area (Å²) in [4.78, 5) is 44.9. The quantitative estimate of drug-likeness (QED) is 0.0881. The van der Waals surface area contributed by atoms with E-state index in [9.17, 15) is 18.8 Å². The van der Waals surface area contributed by atoms with Crippen LogP contribution in [0.25, 0.3) is 0 Å². The van der Waals surface area contributed by atoms with Crippen molar-refractivity contribution in [3.63, 3.8) is 0 Å². The average Bonchev–Trinajstić information content (AvgIpc) is 3.32. The van der Waals surface area contributed by atoms with Crippen LogP contribution in [0, 0.1) is 11.3 Å². The number of hydrogen-bond acceptors (Lipinski definition) is 4. The number of alkyl halides is 1. The fourth-order valence-corrected chi connectivity index (χ4v) is 6.79. The highest BCUT2D eigenvalue weighted by Crippen LogP contribution is 2.49. The molecule has 7 heteroatoms. The van der Waals surface area contributed by atoms with E-state index in [0.717, 1.165) is 55.1 Å². The number of aliphatic imine (C=N–C) groups is 1. The Balaban J connectivity index is 1.99. The molecule has 2 unspecified atom stereocenters. The van der Waals surface area contributed by atoms with Crippen LogP contribution in [0.15, 0.2) is 65.2 Å². The van der Waals surface area contributed by atoms with E-state index in [0.29, 0.717) is 49.4 Å². The Morgan fingerprint density at radius 2 is 1.82 bits per heavy atom. The van der Waals surface area contributed by atoms with Crippen LogP contribution in [0.2, 0.25) is 0 Å². The molecule has 1 saturated carbocycles. The number of rotatable bonds is 16. The number of carbonyl (C=O) groups is 3. The zero-order valence-corrected chi connectivity index (χ0v) is 28.3. The standard InChI is InChI=1S/C38H54FN3O3/c1-8-28(15-14-27(5)35(44)40-24-12-13-25-43)33(10-3)42-36(45)34(31-18-16-30(17-19-31)29(9-2)26-39)41-38(42)22-20-32(21-23-38)37(6,7)11-4/h8,14-19,25,29,32-33H,1,9-13,20-24,26H2,2-7H3,(H,40,44)/b27-14+,28-15+. The molecule has 246 valence electrons. The smallest absolute Gasteiger partial charge is 0.275 e. The van der Waals surface area contributed by atoms with Gasteiger partial charge in [-0.15, -0.1) is 0 Å². The van der Waals surface area contributed by atoms with Gasteiger partial charge in [0, 0.05) is 30.0 Å². The van der Waals surface area contributed by atoms with Gasteiger partial charge >= 0.3 is 0 Å². The molecule has 1 spiro atoms. The lowest BCUT2D eigenvalue weighted by Crippen LogP contribution is -2.55. The van der Waals surface area contributed by atoms with E-state index in [2.05, 4.69) is 39.6 Å². The molecule has 1 heterocycles. The highest BCUT2D eigenvalue weighted by molar-refractivity contribution is 6.46. The number of hydrogen-bond donors (Lipinski definition) is 1. The summed E-state index contributed by atoms with van der Waals surface area (Å²) in [6.45, 7) is 16.8. The normalized spacial score (nSPS) is 22.3. The van der Waals surface area contributed by atoms with E-state index < -0.39 is 12.3 Å². The van der Waals surface area contributed by atoms with E-state index in [1.54, 1.807) is 19.1 Å². The molecule has 1 aromatic carbocycles. The van der Waals surface area contributed by atoms with E-state index in [-0.39, 0.29) is 29.2 Å². The molecular weight excluding hydrogens is 565 g/mol. The highest BCUT2D eigenvalue weighted by Gasteiger charge is 2.52. The summed E-state index contributed by atoms with van der Waals surface area (Å²) in [6, 6.07) is 7.41. The highest BCUT2D eigenvalue weighted by atomic mass is 19.1. The Kier molecular flexibility index (Phi) is 13.1. The number of nitrogens with zero attached hydrogens (tertiary/aromatic N) is 2. The molecule has 0 radical (unpaired) electrons. The number of allylic oxidation sites excluding steroid dienone is 2. The molecule has 2 amide bonds. The van der Waals surface area contributed by atoms with Gasteiger partial charge in [0.25, 0.3) is 5.91 Å². The summed E-state index contributed by atoms with van der Waals surface area (Å²) in [5.74, 6) is 0.119. The maximum atomic E-state index is 14.5. The van der Waals surface area contributed by atoms with Crippen LogP contribution in [0.1, 0.15) is 116 Å². The van der Waals surface area contributed by atoms with Crippen molar-refractivity contribution in [3.05, 3.63) is 71.3 Å². The lowest BCUT2D eigenvalue weighted by Gasteiger charge is -2.48. The maximum Gasteiger partial charge on any atom is 0.275 e. The minimum Gasteiger partial charge on any atom is -0.352 e. The molecule has 1 aliphatic heterocycles. The molecule has 1 fully saturated rings. The van der Waals surface area contributed by atoms with Crippen LogP contribution >= 0.6 is 0 Å². The molecular formula is C38H54FN3O3. The number of amides is 2. The first kappa shape index (κ1) is 36.1. The summed E-state index contributed by atoms with van der Waals surface area (Å²) in [5, 5.41) is 2.85. The molecule has 6 nitrogen and oxygen atoms in total. The van der Waals surface area contributed by atoms with E-state index in [1.807, 2.05) is 42.2 Å². The molecule has 1 aliphatic carbocycles. The third-order valence-corrected chi connectivity index (χ3v) is 10.3. The summed E-state index contributed by atoms with van der Waals surface area (Å²) in [6.07, 6.45) is 13.3. The van der Waals surface area contributed by atoms with E-state index in [4.69, 9.17) is 4.99 Å². The minimum absolute atomic E-state index is 0.0956. The monoisotopic (exact) mass is 619 g/mol. The molecule has 2 atom stereocenters. The largest absolute Gasteiger partial charge is 0.352 e. The third-order valence-electron chi connectivity index (χ3n) is 10.3. The summed E-state index contributed by atoms with van der Waals surface area (Å²) >= 11 is 0. The Bertz CT molecular complexity index is 1280. The van der Waals surface area contributed by atoms with Gasteiger partial charge in [-0.05, 0) is 74.3 Å². The average molecular weight is 620 g/mol. The van der Waals surface area contributed by atoms with Gasteiger partial charge in [-0.3, -0.25) is 19.0 Å². The zero-order valence-electron chi connectivity index (χ0n) is 28.3. The molecule has 45 heavy (non-hydrogen) atoms. The Hall–Kier alpha value is -3.35. The fourth-order valence-electron chi connectivity index (χ4n) is 6.79. The van der Waals surface area contributed by atoms with Crippen molar-refractivity contribution in [2.24, 2.45) is 16.3 Å². The second-order valence-electron chi connectivity index (χ2n) is 13.3. The molecule has 0 aromatic heterocycles. The van der Waals surface area contributed by atoms with E-state index >= 15 is 0 Å². The van der Waals surface area contributed by atoms with Crippen LogP contribution in [0.5, 0.6) is 0 Å². The topological polar surface area (TPSA) is 78.8 Å². The van der Waals surface area contributed by atoms with Crippen molar-refractivity contribution in [1.82, 2.24) is 10.2 Å². The molecule has 2 aliphatic rings. The molecule has 0 saturated heterocycles. The van der Waals surface area contributed by atoms with Gasteiger partial charge in [-0.2, -0.15) is 0 Å². The first-order valence-corrected chi connectivity index (χ1v) is 16.8. The van der Waals surface area contributed by atoms with Gasteiger partial charge in [0.2, 0.25) is 5.91 Å². The van der Waals surface area contributed by atoms with Crippen molar-refractivity contribution in [1.29, 1.82) is 0 Å². The van der Waals surface area contributed by atoms with Crippen molar-refractivity contribution >= 4 is 23.8 Å². The SMILES string of the molecule is C=C/C(=C\C=C(/C)C(=O)NCCCC=O)C(CC)N1C(=O)C(c2ccc(C(CC)CF)cc2)=NC12CCC(C(C)(C)CC)CC2. The fraction of sp³-hybridized carbons (Fsp3) is 0.579. The van der Waals surface area contributed by atoms with Gasteiger partial charge in [0.05, 0.1) is 12.7 Å². The van der Waals surface area contributed by atoms with Crippen molar-refractivity contribution < 1.29 is 18.8 Å². The number of nitrogens with one attached hydrogen (secondary N) is 1. The van der Waals surface area contributed by atoms with Crippen molar-refractivity contribution in [2.45, 2.75) is 117 Å². The number of unbranched alkanes of at least 4 members (excludes halogenated alkanes) is 1. The molecule has 3 rings (SSSR count). The first-order chi connectivity index (χ1) is 21.5. The summed E-state index contributed by atoms with van der Waals surface area (Å²) in [5.41, 5.74) is 3.11. The van der Waals surface area contributed by atoms with E-state index in [1.165, 1.54) is 0 Å². The predicted molar refractivity (Wildman–Crippen MR) is 182 cm³/mol. The first-order valence-electron chi connectivity index (χ1n) is 16.8. The van der Waals surface area contributed by atoms with Gasteiger partial charge in [0.15, 0.2) is 0 Å². The van der Waals surface area contributed by atoms with Crippen LogP contribution < -0.4 is 5.32 Å². The second-order valence-corrected chi connectivity index (χ2v) is 13.3. The number of carbonyl (C=O) groups excluding carboxylic acids is 3. The van der Waals surface area contributed by atoms with Crippen LogP contribution in [0.4, 0.5) is 4.39 Å². The van der Waals surface area contributed by atoms with Gasteiger partial charge < -0.3 is 15.0 Å². The van der Waals surface area contributed by atoms with Crippen LogP contribution in [-0.4, -0.2) is 53.6 Å². The number of benzene rings is 1. The second kappa shape index (κ2) is 16.3. The predicted octanol–water partition coefficient (Wildman–Crippen LogP) is 8.04. The van der Waals surface area contributed by atoms with Crippen LogP contribution in [0.3, 0.4) is 0 Å². The minimum atomic E-state index is -0.659. The summed E-state index contributed by atoms with van der Waals surface area (Å²) in [7, 11) is 0. The third kappa shape index (κ3) is 8.28. The number of aldehydes is 1. The molecule has 1 N–H and O–H groups in total. The van der Waals surface area contributed by atoms with Crippen molar-refractivity contribution in [2.75, 3.05) is 13.2 Å². The van der Waals surface area contributed by atoms with Gasteiger partial charge in [-0.1, -0.05) is 90.1 Å². The van der Waals surface area contributed by atoms with Gasteiger partial charge in [0.1, 0.15) is 17.7 Å². The Labute approximate surface area is 270 Å². The lowest BCUT2D eigenvalue weighted by atomic mass is 9.67. The lowest BCUT2D eigenvalue weighted by molar-refractivity contribution is -0.132. The number of halogens is 1. The zero-order chi connectivity index (χ0) is 33.2. The summed E-state index contributed by atoms with van der Waals surface area (Å²) < 4.78 is 13.6. The Morgan fingerprint density at radius 1 is 1.16 bits per heavy atom. The molecule has 1 aromatic rings.